The molecule has 274 valence electrons. The minimum absolute atomic E-state index is 0.133. The Morgan fingerprint density at radius 3 is 1.54 bits per heavy atom. The summed E-state index contributed by atoms with van der Waals surface area (Å²) in [4.78, 5) is 12.8. The number of carbonyl (C=O) groups excluding carboxylic acids is 1. The second-order valence-electron chi connectivity index (χ2n) is 13.7. The lowest BCUT2D eigenvalue weighted by Gasteiger charge is -2.40. The molecule has 1 saturated heterocycles. The van der Waals surface area contributed by atoms with E-state index in [2.05, 4.69) is 19.2 Å². The monoisotopic (exact) mass is 660 g/mol. The molecule has 9 nitrogen and oxygen atoms in total. The van der Waals surface area contributed by atoms with Crippen molar-refractivity contribution < 1.29 is 39.8 Å². The van der Waals surface area contributed by atoms with E-state index in [1.807, 2.05) is 0 Å². The lowest BCUT2D eigenvalue weighted by atomic mass is 9.99. The highest BCUT2D eigenvalue weighted by atomic mass is 16.7. The Morgan fingerprint density at radius 2 is 1.09 bits per heavy atom. The van der Waals surface area contributed by atoms with Crippen LogP contribution in [-0.4, -0.2) is 87.5 Å². The maximum Gasteiger partial charge on any atom is 0.220 e. The van der Waals surface area contributed by atoms with Gasteiger partial charge in [-0.2, -0.15) is 0 Å². The van der Waals surface area contributed by atoms with Crippen LogP contribution in [0.25, 0.3) is 0 Å². The first-order valence-corrected chi connectivity index (χ1v) is 19.2. The highest BCUT2D eigenvalue weighted by molar-refractivity contribution is 5.76. The minimum atomic E-state index is -1.55. The van der Waals surface area contributed by atoms with Crippen molar-refractivity contribution in [2.45, 2.75) is 217 Å². The molecule has 0 spiro atoms. The maximum atomic E-state index is 12.8. The first-order valence-electron chi connectivity index (χ1n) is 19.2. The van der Waals surface area contributed by atoms with Crippen LogP contribution in [0, 0.1) is 0 Å². The van der Waals surface area contributed by atoms with Crippen LogP contribution < -0.4 is 5.32 Å². The third kappa shape index (κ3) is 20.5. The van der Waals surface area contributed by atoms with Crippen molar-refractivity contribution in [1.82, 2.24) is 5.32 Å². The molecule has 2 unspecified atom stereocenters. The molecule has 7 atom stereocenters. The maximum absolute atomic E-state index is 12.8. The highest BCUT2D eigenvalue weighted by Crippen LogP contribution is 2.23. The van der Waals surface area contributed by atoms with Crippen LogP contribution in [0.2, 0.25) is 0 Å². The van der Waals surface area contributed by atoms with Crippen LogP contribution in [0.1, 0.15) is 174 Å². The van der Waals surface area contributed by atoms with Crippen molar-refractivity contribution in [3.05, 3.63) is 0 Å². The number of ether oxygens (including phenoxy) is 2. The van der Waals surface area contributed by atoms with Crippen LogP contribution in [0.4, 0.5) is 0 Å². The molecule has 46 heavy (non-hydrogen) atoms. The molecule has 1 rings (SSSR count). The van der Waals surface area contributed by atoms with Gasteiger partial charge in [-0.15, -0.1) is 0 Å². The molecule has 1 amide bonds. The van der Waals surface area contributed by atoms with Crippen LogP contribution in [-0.2, 0) is 14.3 Å². The van der Waals surface area contributed by atoms with Gasteiger partial charge >= 0.3 is 0 Å². The molecule has 0 aromatic rings. The molecular formula is C37H73NO8. The second kappa shape index (κ2) is 29.1. The lowest BCUT2D eigenvalue weighted by molar-refractivity contribution is -0.302. The first-order chi connectivity index (χ1) is 22.3. The van der Waals surface area contributed by atoms with Gasteiger partial charge in [-0.1, -0.05) is 155 Å². The normalized spacial score (nSPS) is 23.0. The molecule has 1 heterocycles. The number of hydrogen-bond acceptors (Lipinski definition) is 8. The first kappa shape index (κ1) is 43.2. The van der Waals surface area contributed by atoms with Gasteiger partial charge in [0.15, 0.2) is 6.29 Å². The lowest BCUT2D eigenvalue weighted by Crippen LogP contribution is -2.60. The Hall–Kier alpha value is -0.810. The Balaban J connectivity index is 2.39. The Labute approximate surface area is 281 Å². The van der Waals surface area contributed by atoms with Gasteiger partial charge in [0, 0.05) is 6.42 Å². The molecule has 0 bridgehead atoms. The summed E-state index contributed by atoms with van der Waals surface area (Å²) in [5.74, 6) is -0.146. The number of aliphatic hydroxyl groups is 5. The summed E-state index contributed by atoms with van der Waals surface area (Å²) in [5.41, 5.74) is 0. The summed E-state index contributed by atoms with van der Waals surface area (Å²) in [5, 5.41) is 53.9. The minimum Gasteiger partial charge on any atom is -0.394 e. The van der Waals surface area contributed by atoms with E-state index < -0.39 is 49.5 Å². The van der Waals surface area contributed by atoms with E-state index in [9.17, 15) is 30.3 Å². The van der Waals surface area contributed by atoms with Gasteiger partial charge in [-0.25, -0.2) is 0 Å². The van der Waals surface area contributed by atoms with Gasteiger partial charge in [0.2, 0.25) is 5.91 Å². The van der Waals surface area contributed by atoms with Crippen LogP contribution in [0.5, 0.6) is 0 Å². The molecule has 1 aliphatic rings. The van der Waals surface area contributed by atoms with E-state index in [4.69, 9.17) is 9.47 Å². The molecule has 0 aliphatic carbocycles. The summed E-state index contributed by atoms with van der Waals surface area (Å²) in [7, 11) is 0. The van der Waals surface area contributed by atoms with Crippen molar-refractivity contribution in [3.63, 3.8) is 0 Å². The number of unbranched alkanes of at least 4 members (excludes halogenated alkanes) is 21. The molecule has 0 aromatic carbocycles. The largest absolute Gasteiger partial charge is 0.394 e. The second-order valence-corrected chi connectivity index (χ2v) is 13.7. The van der Waals surface area contributed by atoms with E-state index in [0.717, 1.165) is 38.5 Å². The summed E-state index contributed by atoms with van der Waals surface area (Å²) < 4.78 is 11.2. The van der Waals surface area contributed by atoms with Gasteiger partial charge in [0.05, 0.1) is 25.4 Å². The standard InChI is InChI=1S/C37H73NO8/c1-3-5-7-9-11-13-14-15-16-17-19-21-23-25-27-33(41)38-30(31(40)26-24-22-20-18-12-10-8-6-4-2)29-45-37-36(44)35(43)34(42)32(28-39)46-37/h30-32,34-37,39-40,42-44H,3-29H2,1-2H3,(H,38,41)/t30-,31+,32-,34-,35?,36?,37-/m0/s1. The van der Waals surface area contributed by atoms with Gasteiger partial charge in [-0.05, 0) is 12.8 Å². The third-order valence-electron chi connectivity index (χ3n) is 9.46. The van der Waals surface area contributed by atoms with E-state index >= 15 is 0 Å². The van der Waals surface area contributed by atoms with Crippen molar-refractivity contribution in [2.24, 2.45) is 0 Å². The number of nitrogens with one attached hydrogen (secondary N) is 1. The van der Waals surface area contributed by atoms with E-state index in [1.165, 1.54) is 109 Å². The summed E-state index contributed by atoms with van der Waals surface area (Å²) in [6.07, 6.45) is 21.1. The quantitative estimate of drug-likeness (QED) is 0.0466. The number of aliphatic hydroxyl groups excluding tert-OH is 5. The van der Waals surface area contributed by atoms with Crippen molar-refractivity contribution in [2.75, 3.05) is 13.2 Å². The molecular weight excluding hydrogens is 586 g/mol. The SMILES string of the molecule is CCCCCCCCCCCCCCCCC(=O)N[C@@H](CO[C@H]1O[C@@H](CO)[C@H](O)C(O)C1O)[C@H](O)CCCCCCCCCCC. The Morgan fingerprint density at radius 1 is 0.652 bits per heavy atom. The predicted octanol–water partition coefficient (Wildman–Crippen LogP) is 6.44. The third-order valence-corrected chi connectivity index (χ3v) is 9.46. The number of carbonyl (C=O) groups is 1. The summed E-state index contributed by atoms with van der Waals surface area (Å²) in [6.45, 7) is 3.79. The van der Waals surface area contributed by atoms with E-state index in [-0.39, 0.29) is 12.5 Å². The molecule has 1 fully saturated rings. The fourth-order valence-corrected chi connectivity index (χ4v) is 6.28. The number of rotatable bonds is 31. The molecule has 0 radical (unpaired) electrons. The van der Waals surface area contributed by atoms with Gasteiger partial charge < -0.3 is 40.3 Å². The Bertz CT molecular complexity index is 696. The van der Waals surface area contributed by atoms with Crippen molar-refractivity contribution >= 4 is 5.91 Å². The Kier molecular flexibility index (Phi) is 27.4. The van der Waals surface area contributed by atoms with E-state index in [1.54, 1.807) is 0 Å². The zero-order valence-electron chi connectivity index (χ0n) is 29.6. The average Bonchev–Trinajstić information content (AvgIpc) is 3.05. The topological polar surface area (TPSA) is 149 Å². The summed E-state index contributed by atoms with van der Waals surface area (Å²) >= 11 is 0. The van der Waals surface area contributed by atoms with Gasteiger partial charge in [0.25, 0.3) is 0 Å². The number of hydrogen-bond donors (Lipinski definition) is 6. The summed E-state index contributed by atoms with van der Waals surface area (Å²) in [6, 6.07) is -0.708. The number of amides is 1. The smallest absolute Gasteiger partial charge is 0.220 e. The zero-order chi connectivity index (χ0) is 33.8. The van der Waals surface area contributed by atoms with Crippen molar-refractivity contribution in [3.8, 4) is 0 Å². The fraction of sp³-hybridized carbons (Fsp3) is 0.973. The van der Waals surface area contributed by atoms with Gasteiger partial charge in [-0.3, -0.25) is 4.79 Å². The fourth-order valence-electron chi connectivity index (χ4n) is 6.28. The van der Waals surface area contributed by atoms with Crippen LogP contribution in [0.15, 0.2) is 0 Å². The van der Waals surface area contributed by atoms with Gasteiger partial charge in [0.1, 0.15) is 24.4 Å². The van der Waals surface area contributed by atoms with Crippen LogP contribution >= 0.6 is 0 Å². The van der Waals surface area contributed by atoms with Crippen molar-refractivity contribution in [1.29, 1.82) is 0 Å². The van der Waals surface area contributed by atoms with Crippen LogP contribution in [0.3, 0.4) is 0 Å². The molecule has 0 saturated carbocycles. The molecule has 0 aromatic heterocycles. The molecule has 9 heteroatoms. The highest BCUT2D eigenvalue weighted by Gasteiger charge is 2.44. The van der Waals surface area contributed by atoms with E-state index in [0.29, 0.717) is 12.8 Å². The predicted molar refractivity (Wildman–Crippen MR) is 184 cm³/mol. The molecule has 1 aliphatic heterocycles. The molecule has 6 N–H and O–H groups in total. The zero-order valence-corrected chi connectivity index (χ0v) is 29.6. The average molecular weight is 660 g/mol.